The Balaban J connectivity index is 2.85. The molecule has 0 amide bonds. The van der Waals surface area contributed by atoms with E-state index < -0.39 is 8.84 Å². The molecule has 2 N–H and O–H groups in total. The second kappa shape index (κ2) is 2.04. The van der Waals surface area contributed by atoms with Crippen LogP contribution in [0.3, 0.4) is 0 Å². The summed E-state index contributed by atoms with van der Waals surface area (Å²) in [5.74, 6) is 0. The van der Waals surface area contributed by atoms with Crippen molar-refractivity contribution in [1.82, 2.24) is 5.15 Å². The molecule has 4 heteroatoms. The van der Waals surface area contributed by atoms with Gasteiger partial charge in [-0.15, -0.1) is 0 Å². The number of rotatable bonds is 1. The highest BCUT2D eigenvalue weighted by Gasteiger charge is 1.82. The minimum absolute atomic E-state index is 1.41. The van der Waals surface area contributed by atoms with Crippen LogP contribution in [-0.4, -0.2) is 14.1 Å². The topological polar surface area (TPSA) is 49.3 Å². The van der Waals surface area contributed by atoms with Crippen molar-refractivity contribution < 1.29 is 9.67 Å². The molecule has 0 rings (SSSR count). The van der Waals surface area contributed by atoms with Crippen LogP contribution in [-0.2, 0) is 4.46 Å². The highest BCUT2D eigenvalue weighted by Crippen LogP contribution is 1.42. The third-order valence-corrected chi connectivity index (χ3v) is 0.472. The van der Waals surface area contributed by atoms with Gasteiger partial charge in [0.05, 0.1) is 0 Å². The molecule has 0 spiro atoms. The zero-order valence-electron chi connectivity index (χ0n) is 2.86. The molecule has 0 unspecified atom stereocenters. The van der Waals surface area contributed by atoms with Crippen LogP contribution in [0.5, 0.6) is 0 Å². The molecule has 0 aromatic heterocycles. The van der Waals surface area contributed by atoms with Gasteiger partial charge in [0.15, 0.2) is 0 Å². The lowest BCUT2D eigenvalue weighted by atomic mass is 11.9. The molecule has 0 aromatic rings. The van der Waals surface area contributed by atoms with E-state index in [1.54, 1.807) is 5.15 Å². The third-order valence-electron chi connectivity index (χ3n) is 0.157. The summed E-state index contributed by atoms with van der Waals surface area (Å²) in [6.45, 7) is 1.41. The van der Waals surface area contributed by atoms with Crippen molar-refractivity contribution in [2.45, 2.75) is 6.55 Å². The quantitative estimate of drug-likeness (QED) is 0.338. The van der Waals surface area contributed by atoms with Gasteiger partial charge in [-0.1, -0.05) is 0 Å². The Morgan fingerprint density at radius 2 is 2.20 bits per heavy atom. The van der Waals surface area contributed by atoms with E-state index in [4.69, 9.17) is 5.21 Å². The van der Waals surface area contributed by atoms with E-state index in [-0.39, 0.29) is 0 Å². The molecule has 0 aliphatic carbocycles. The molecule has 0 heterocycles. The van der Waals surface area contributed by atoms with Crippen molar-refractivity contribution in [3.05, 3.63) is 0 Å². The first kappa shape index (κ1) is 4.78. The van der Waals surface area contributed by atoms with E-state index in [0.717, 1.165) is 0 Å². The Kier molecular flexibility index (Phi) is 1.95. The third kappa shape index (κ3) is 3.78. The first-order valence-corrected chi connectivity index (χ1v) is 3.09. The maximum absolute atomic E-state index is 9.64. The molecular formula is CH5NO2Si. The second-order valence-corrected chi connectivity index (χ2v) is 2.00. The van der Waals surface area contributed by atoms with Gasteiger partial charge in [-0.25, -0.2) is 0 Å². The van der Waals surface area contributed by atoms with Crippen molar-refractivity contribution in [2.75, 3.05) is 0 Å². The fraction of sp³-hybridized carbons (Fsp3) is 1.00. The number of hydrogen-bond donors (Lipinski definition) is 2. The van der Waals surface area contributed by atoms with Gasteiger partial charge in [-0.3, -0.25) is 10.4 Å². The summed E-state index contributed by atoms with van der Waals surface area (Å²) in [5, 5.41) is 9.20. The van der Waals surface area contributed by atoms with Crippen LogP contribution in [0.4, 0.5) is 0 Å². The molecule has 0 bridgehead atoms. The van der Waals surface area contributed by atoms with E-state index in [1.165, 1.54) is 6.55 Å². The highest BCUT2D eigenvalue weighted by molar-refractivity contribution is 6.36. The first-order valence-electron chi connectivity index (χ1n) is 1.18. The van der Waals surface area contributed by atoms with E-state index in [0.29, 0.717) is 0 Å². The monoisotopic (exact) mass is 91.0 g/mol. The summed E-state index contributed by atoms with van der Waals surface area (Å²) >= 11 is 0. The fourth-order valence-electron chi connectivity index (χ4n) is 0. The Morgan fingerprint density at radius 1 is 2.00 bits per heavy atom. The van der Waals surface area contributed by atoms with Gasteiger partial charge in [-0.05, 0) is 0 Å². The summed E-state index contributed by atoms with van der Waals surface area (Å²) in [6, 6.07) is 0. The summed E-state index contributed by atoms with van der Waals surface area (Å²) in [5.41, 5.74) is 0. The van der Waals surface area contributed by atoms with Crippen LogP contribution < -0.4 is 5.15 Å². The Labute approximate surface area is 31.3 Å². The summed E-state index contributed by atoms with van der Waals surface area (Å²) in [7, 11) is -1.82. The largest absolute Gasteiger partial charge is 0.413 e. The fourth-order valence-corrected chi connectivity index (χ4v) is 0. The van der Waals surface area contributed by atoms with E-state index in [9.17, 15) is 4.46 Å². The zero-order valence-corrected chi connectivity index (χ0v) is 3.86. The van der Waals surface area contributed by atoms with Crippen molar-refractivity contribution in [1.29, 1.82) is 0 Å². The lowest BCUT2D eigenvalue weighted by Gasteiger charge is -1.76. The van der Waals surface area contributed by atoms with Crippen LogP contribution in [0.2, 0.25) is 6.55 Å². The normalized spacial score (nSPS) is 6.80. The smallest absolute Gasteiger partial charge is 0.358 e. The standard InChI is InChI=1S/CH5NO2Si/c1-5(4)2-3/h2-3H,1H3. The van der Waals surface area contributed by atoms with Crippen LogP contribution in [0.25, 0.3) is 0 Å². The van der Waals surface area contributed by atoms with Gasteiger partial charge in [0.25, 0.3) is 0 Å². The lowest BCUT2D eigenvalue weighted by Crippen LogP contribution is -2.15. The average Bonchev–Trinajstić information content (AvgIpc) is 1.38. The van der Waals surface area contributed by atoms with Gasteiger partial charge in [0, 0.05) is 6.55 Å². The predicted octanol–water partition coefficient (Wildman–Crippen LogP) is -0.486. The molecule has 0 atom stereocenters. The highest BCUT2D eigenvalue weighted by atomic mass is 28.3. The molecule has 0 saturated heterocycles. The zero-order chi connectivity index (χ0) is 4.28. The summed E-state index contributed by atoms with van der Waals surface area (Å²) < 4.78 is 9.64. The molecule has 0 aliphatic rings. The average molecular weight is 91.1 g/mol. The van der Waals surface area contributed by atoms with Crippen molar-refractivity contribution >= 4 is 8.84 Å². The first-order chi connectivity index (χ1) is 2.27. The second-order valence-electron chi connectivity index (χ2n) is 0.668. The molecule has 0 fully saturated rings. The molecule has 0 radical (unpaired) electrons. The summed E-state index contributed by atoms with van der Waals surface area (Å²) in [4.78, 5) is 0. The van der Waals surface area contributed by atoms with Gasteiger partial charge >= 0.3 is 8.84 Å². The summed E-state index contributed by atoms with van der Waals surface area (Å²) in [6.07, 6.45) is 0. The Bertz CT molecular complexity index is 44.9. The van der Waals surface area contributed by atoms with Crippen LogP contribution in [0.1, 0.15) is 0 Å². The van der Waals surface area contributed by atoms with Crippen LogP contribution in [0, 0.1) is 0 Å². The van der Waals surface area contributed by atoms with Crippen LogP contribution in [0.15, 0.2) is 0 Å². The van der Waals surface area contributed by atoms with Crippen LogP contribution >= 0.6 is 0 Å². The number of hydrogen-bond acceptors (Lipinski definition) is 2. The van der Waals surface area contributed by atoms with E-state index in [1.807, 2.05) is 0 Å². The molecule has 3 nitrogen and oxygen atoms in total. The van der Waals surface area contributed by atoms with Gasteiger partial charge in [-0.2, -0.15) is 0 Å². The maximum Gasteiger partial charge on any atom is 0.413 e. The van der Waals surface area contributed by atoms with E-state index >= 15 is 0 Å². The Morgan fingerprint density at radius 3 is 2.20 bits per heavy atom. The molecule has 0 aliphatic heterocycles. The maximum atomic E-state index is 9.64. The van der Waals surface area contributed by atoms with Gasteiger partial charge < -0.3 is 4.46 Å². The number of nitrogens with one attached hydrogen (secondary N) is 1. The molecular weight excluding hydrogens is 86.1 g/mol. The lowest BCUT2D eigenvalue weighted by molar-refractivity contribution is 0.233. The van der Waals surface area contributed by atoms with Crippen molar-refractivity contribution in [3.8, 4) is 0 Å². The predicted molar refractivity (Wildman–Crippen MR) is 17.2 cm³/mol. The minimum Gasteiger partial charge on any atom is -0.358 e. The molecule has 5 heavy (non-hydrogen) atoms. The van der Waals surface area contributed by atoms with E-state index in [2.05, 4.69) is 0 Å². The van der Waals surface area contributed by atoms with Gasteiger partial charge in [0.1, 0.15) is 0 Å². The molecule has 30 valence electrons. The minimum atomic E-state index is -1.82. The molecule has 0 saturated carbocycles. The Hall–Kier alpha value is -0.223. The van der Waals surface area contributed by atoms with Crippen molar-refractivity contribution in [3.63, 3.8) is 0 Å². The van der Waals surface area contributed by atoms with Crippen molar-refractivity contribution in [2.24, 2.45) is 0 Å². The van der Waals surface area contributed by atoms with Gasteiger partial charge in [0.2, 0.25) is 0 Å². The molecule has 0 aromatic carbocycles. The SMILES string of the molecule is C[Si](=O)NO.